The van der Waals surface area contributed by atoms with Gasteiger partial charge in [-0.1, -0.05) is 72.8 Å². The molecule has 0 aliphatic carbocycles. The third kappa shape index (κ3) is 7.04. The van der Waals surface area contributed by atoms with Crippen LogP contribution in [-0.2, 0) is 16.0 Å². The Kier molecular flexibility index (Phi) is 8.63. The highest BCUT2D eigenvalue weighted by molar-refractivity contribution is 5.97. The zero-order valence-corrected chi connectivity index (χ0v) is 21.5. The maximum Gasteiger partial charge on any atom is 0.412 e. The monoisotopic (exact) mass is 524 g/mol. The van der Waals surface area contributed by atoms with E-state index < -0.39 is 30.1 Å². The van der Waals surface area contributed by atoms with Crippen LogP contribution in [0.3, 0.4) is 0 Å². The number of aliphatic carboxylic acids is 1. The number of amides is 2. The van der Waals surface area contributed by atoms with Gasteiger partial charge in [0, 0.05) is 17.5 Å². The summed E-state index contributed by atoms with van der Waals surface area (Å²) in [5.41, 5.74) is 3.95. The molecular formula is C30H28N4O5. The van der Waals surface area contributed by atoms with Gasteiger partial charge in [0.05, 0.1) is 17.1 Å². The summed E-state index contributed by atoms with van der Waals surface area (Å²) in [6, 6.07) is 23.9. The van der Waals surface area contributed by atoms with E-state index in [2.05, 4.69) is 20.6 Å². The zero-order valence-electron chi connectivity index (χ0n) is 21.5. The summed E-state index contributed by atoms with van der Waals surface area (Å²) in [6.45, 7) is 3.52. The van der Waals surface area contributed by atoms with Crippen molar-refractivity contribution in [2.45, 2.75) is 32.4 Å². The van der Waals surface area contributed by atoms with Gasteiger partial charge in [-0.3, -0.25) is 10.1 Å². The van der Waals surface area contributed by atoms with E-state index in [-0.39, 0.29) is 12.0 Å². The molecule has 0 radical (unpaired) electrons. The minimum absolute atomic E-state index is 0.161. The largest absolute Gasteiger partial charge is 0.480 e. The molecule has 0 spiro atoms. The van der Waals surface area contributed by atoms with E-state index in [0.29, 0.717) is 22.6 Å². The van der Waals surface area contributed by atoms with E-state index in [1.54, 1.807) is 38.1 Å². The van der Waals surface area contributed by atoms with Crippen LogP contribution in [0.1, 0.15) is 40.2 Å². The van der Waals surface area contributed by atoms with E-state index >= 15 is 0 Å². The number of carbonyl (C=O) groups is 3. The van der Waals surface area contributed by atoms with E-state index in [0.717, 1.165) is 11.1 Å². The molecule has 39 heavy (non-hydrogen) atoms. The number of aryl methyl sites for hydroxylation is 1. The van der Waals surface area contributed by atoms with Crippen LogP contribution in [0.4, 0.5) is 10.5 Å². The van der Waals surface area contributed by atoms with Gasteiger partial charge in [0.15, 0.2) is 0 Å². The number of anilines is 1. The summed E-state index contributed by atoms with van der Waals surface area (Å²) in [5, 5.41) is 14.9. The molecule has 0 aliphatic heterocycles. The highest BCUT2D eigenvalue weighted by Gasteiger charge is 2.22. The second-order valence-electron chi connectivity index (χ2n) is 8.90. The van der Waals surface area contributed by atoms with Crippen molar-refractivity contribution in [3.8, 4) is 11.3 Å². The predicted octanol–water partition coefficient (Wildman–Crippen LogP) is 5.19. The smallest absolute Gasteiger partial charge is 0.412 e. The maximum absolute atomic E-state index is 12.8. The summed E-state index contributed by atoms with van der Waals surface area (Å²) >= 11 is 0. The minimum atomic E-state index is -1.12. The summed E-state index contributed by atoms with van der Waals surface area (Å²) < 4.78 is 5.53. The predicted molar refractivity (Wildman–Crippen MR) is 146 cm³/mol. The molecule has 0 saturated heterocycles. The molecule has 0 fully saturated rings. The van der Waals surface area contributed by atoms with Crippen molar-refractivity contribution in [2.75, 3.05) is 5.32 Å². The van der Waals surface area contributed by atoms with Crippen molar-refractivity contribution < 1.29 is 24.2 Å². The maximum atomic E-state index is 12.8. The average Bonchev–Trinajstić information content (AvgIpc) is 2.94. The van der Waals surface area contributed by atoms with Gasteiger partial charge in [-0.05, 0) is 37.1 Å². The molecule has 2 amide bonds. The summed E-state index contributed by atoms with van der Waals surface area (Å²) in [4.78, 5) is 45.7. The molecule has 1 aromatic heterocycles. The van der Waals surface area contributed by atoms with Crippen LogP contribution in [0.15, 0.2) is 91.3 Å². The Morgan fingerprint density at radius 3 is 2.18 bits per heavy atom. The lowest BCUT2D eigenvalue weighted by Gasteiger charge is -2.17. The summed E-state index contributed by atoms with van der Waals surface area (Å²) in [6.07, 6.45) is 0.428. The van der Waals surface area contributed by atoms with Gasteiger partial charge in [-0.15, -0.1) is 0 Å². The zero-order chi connectivity index (χ0) is 27.8. The molecule has 0 bridgehead atoms. The van der Waals surface area contributed by atoms with Crippen molar-refractivity contribution in [3.63, 3.8) is 0 Å². The van der Waals surface area contributed by atoms with Crippen LogP contribution < -0.4 is 10.6 Å². The van der Waals surface area contributed by atoms with E-state index in [1.165, 1.54) is 6.33 Å². The first-order valence-corrected chi connectivity index (χ1v) is 12.3. The van der Waals surface area contributed by atoms with E-state index in [1.807, 2.05) is 60.7 Å². The highest BCUT2D eigenvalue weighted by atomic mass is 16.6. The fourth-order valence-electron chi connectivity index (χ4n) is 4.00. The number of hydrogen-bond acceptors (Lipinski definition) is 6. The second kappa shape index (κ2) is 12.5. The number of nitrogens with one attached hydrogen (secondary N) is 2. The Balaban J connectivity index is 1.47. The number of ether oxygens (including phenoxy) is 1. The van der Waals surface area contributed by atoms with Gasteiger partial charge in [-0.25, -0.2) is 19.6 Å². The molecule has 2 unspecified atom stereocenters. The quantitative estimate of drug-likeness (QED) is 0.275. The number of hydrogen-bond donors (Lipinski definition) is 3. The van der Waals surface area contributed by atoms with Crippen LogP contribution in [-0.4, -0.2) is 39.1 Å². The topological polar surface area (TPSA) is 131 Å². The van der Waals surface area contributed by atoms with Crippen LogP contribution in [0, 0.1) is 6.92 Å². The van der Waals surface area contributed by atoms with Crippen molar-refractivity contribution in [1.82, 2.24) is 15.3 Å². The Morgan fingerprint density at radius 1 is 0.897 bits per heavy atom. The van der Waals surface area contributed by atoms with Crippen LogP contribution >= 0.6 is 0 Å². The Hall–Kier alpha value is -5.05. The van der Waals surface area contributed by atoms with Crippen molar-refractivity contribution in [2.24, 2.45) is 0 Å². The normalized spacial score (nSPS) is 12.2. The Morgan fingerprint density at radius 2 is 1.54 bits per heavy atom. The first kappa shape index (κ1) is 27.0. The molecule has 1 heterocycles. The molecule has 198 valence electrons. The van der Waals surface area contributed by atoms with E-state index in [4.69, 9.17) is 4.74 Å². The number of carboxylic acids is 1. The SMILES string of the molecule is Cc1ncnc(-c2ccc(C(=O)NC(Cc3ccccc3)C(=O)O)cc2)c1NC(=O)OC(C)c1ccccc1. The molecule has 4 rings (SSSR count). The van der Waals surface area contributed by atoms with Gasteiger partial charge >= 0.3 is 12.1 Å². The summed E-state index contributed by atoms with van der Waals surface area (Å²) in [7, 11) is 0. The van der Waals surface area contributed by atoms with Gasteiger partial charge in [0.1, 0.15) is 18.5 Å². The van der Waals surface area contributed by atoms with Gasteiger partial charge in [-0.2, -0.15) is 0 Å². The number of rotatable bonds is 9. The first-order valence-electron chi connectivity index (χ1n) is 12.3. The number of carbonyl (C=O) groups excluding carboxylic acids is 2. The number of carboxylic acid groups (broad SMARTS) is 1. The highest BCUT2D eigenvalue weighted by Crippen LogP contribution is 2.28. The minimum Gasteiger partial charge on any atom is -0.480 e. The molecule has 0 saturated carbocycles. The van der Waals surface area contributed by atoms with Crippen molar-refractivity contribution >= 4 is 23.7 Å². The summed E-state index contributed by atoms with van der Waals surface area (Å²) in [5.74, 6) is -1.63. The lowest BCUT2D eigenvalue weighted by molar-refractivity contribution is -0.139. The van der Waals surface area contributed by atoms with Crippen molar-refractivity contribution in [3.05, 3.63) is 114 Å². The van der Waals surface area contributed by atoms with Gasteiger partial charge in [0.25, 0.3) is 5.91 Å². The fourth-order valence-corrected chi connectivity index (χ4v) is 4.00. The third-order valence-electron chi connectivity index (χ3n) is 6.12. The molecule has 9 nitrogen and oxygen atoms in total. The first-order chi connectivity index (χ1) is 18.8. The molecule has 0 aliphatic rings. The second-order valence-corrected chi connectivity index (χ2v) is 8.90. The lowest BCUT2D eigenvalue weighted by Crippen LogP contribution is -2.42. The Bertz CT molecular complexity index is 1440. The lowest BCUT2D eigenvalue weighted by atomic mass is 10.0. The van der Waals surface area contributed by atoms with Crippen LogP contribution in [0.25, 0.3) is 11.3 Å². The fraction of sp³-hybridized carbons (Fsp3) is 0.167. The molecular weight excluding hydrogens is 496 g/mol. The van der Waals surface area contributed by atoms with Gasteiger partial charge < -0.3 is 15.2 Å². The van der Waals surface area contributed by atoms with Gasteiger partial charge in [0.2, 0.25) is 0 Å². The molecule has 2 atom stereocenters. The standard InChI is InChI=1S/C30H28N4O5/c1-19-26(34-30(38)39-20(2)22-11-7-4-8-12-22)27(32-18-31-19)23-13-15-24(16-14-23)28(35)33-25(29(36)37)17-21-9-5-3-6-10-21/h3-16,18,20,25H,17H2,1-2H3,(H,33,35)(H,34,38)(H,36,37). The molecule has 3 N–H and O–H groups in total. The number of benzene rings is 3. The van der Waals surface area contributed by atoms with Crippen molar-refractivity contribution in [1.29, 1.82) is 0 Å². The Labute approximate surface area is 225 Å². The number of aromatic nitrogens is 2. The number of nitrogens with zero attached hydrogens (tertiary/aromatic N) is 2. The third-order valence-corrected chi connectivity index (χ3v) is 6.12. The average molecular weight is 525 g/mol. The van der Waals surface area contributed by atoms with Crippen LogP contribution in [0.5, 0.6) is 0 Å². The van der Waals surface area contributed by atoms with E-state index in [9.17, 15) is 19.5 Å². The molecule has 4 aromatic rings. The molecule has 9 heteroatoms. The van der Waals surface area contributed by atoms with Crippen LogP contribution in [0.2, 0.25) is 0 Å². The molecule has 3 aromatic carbocycles.